The van der Waals surface area contributed by atoms with Crippen molar-refractivity contribution in [1.29, 1.82) is 0 Å². The van der Waals surface area contributed by atoms with Crippen LogP contribution in [0.15, 0.2) is 74.7 Å². The van der Waals surface area contributed by atoms with Gasteiger partial charge in [0.1, 0.15) is 11.5 Å². The number of nitrogens with one attached hydrogen (secondary N) is 1. The van der Waals surface area contributed by atoms with Gasteiger partial charge in [-0.05, 0) is 52.3 Å². The summed E-state index contributed by atoms with van der Waals surface area (Å²) >= 11 is 3.30. The Morgan fingerprint density at radius 2 is 1.85 bits per heavy atom. The lowest BCUT2D eigenvalue weighted by Crippen LogP contribution is -2.17. The summed E-state index contributed by atoms with van der Waals surface area (Å²) < 4.78 is 6.27. The Bertz CT molecular complexity index is 980. The van der Waals surface area contributed by atoms with E-state index in [1.54, 1.807) is 42.5 Å². The number of non-ortho nitro benzene ring substituents is 1. The highest BCUT2D eigenvalue weighted by Crippen LogP contribution is 2.24. The molecule has 1 amide bonds. The van der Waals surface area contributed by atoms with E-state index in [4.69, 9.17) is 4.42 Å². The normalized spacial score (nSPS) is 10.8. The maximum atomic E-state index is 12.0. The summed E-state index contributed by atoms with van der Waals surface area (Å²) in [4.78, 5) is 22.2. The molecule has 0 fully saturated rings. The van der Waals surface area contributed by atoms with Crippen molar-refractivity contribution in [3.63, 3.8) is 0 Å². The first kappa shape index (κ1) is 17.6. The Morgan fingerprint density at radius 1 is 1.12 bits per heavy atom. The minimum Gasteiger partial charge on any atom is -0.455 e. The van der Waals surface area contributed by atoms with Crippen LogP contribution in [0.5, 0.6) is 0 Å². The first-order valence-corrected chi connectivity index (χ1v) is 8.26. The van der Waals surface area contributed by atoms with Crippen molar-refractivity contribution >= 4 is 33.7 Å². The van der Waals surface area contributed by atoms with E-state index in [1.807, 2.05) is 6.07 Å². The summed E-state index contributed by atoms with van der Waals surface area (Å²) in [5.74, 6) is 0.625. The van der Waals surface area contributed by atoms with E-state index in [-0.39, 0.29) is 11.6 Å². The first-order chi connectivity index (χ1) is 12.5. The van der Waals surface area contributed by atoms with E-state index < -0.39 is 4.92 Å². The van der Waals surface area contributed by atoms with Crippen molar-refractivity contribution in [2.75, 3.05) is 0 Å². The number of carbonyl (C=O) groups is 1. The first-order valence-electron chi connectivity index (χ1n) is 7.47. The zero-order chi connectivity index (χ0) is 18.5. The van der Waals surface area contributed by atoms with Gasteiger partial charge in [0.15, 0.2) is 0 Å². The molecule has 0 aliphatic carbocycles. The standard InChI is InChI=1S/C18H12BrN3O4/c19-16-4-2-1-3-15(16)18(23)21-20-11-14-9-10-17(26-14)12-5-7-13(8-6-12)22(24)25/h1-11H,(H,21,23)/b20-11-. The number of nitrogens with zero attached hydrogens (tertiary/aromatic N) is 2. The van der Waals surface area contributed by atoms with Crippen molar-refractivity contribution < 1.29 is 14.1 Å². The summed E-state index contributed by atoms with van der Waals surface area (Å²) in [5, 5.41) is 14.6. The van der Waals surface area contributed by atoms with Crippen molar-refractivity contribution in [2.24, 2.45) is 5.10 Å². The average Bonchev–Trinajstić information content (AvgIpc) is 3.11. The maximum Gasteiger partial charge on any atom is 0.272 e. The van der Waals surface area contributed by atoms with E-state index in [0.29, 0.717) is 27.1 Å². The maximum absolute atomic E-state index is 12.0. The molecule has 130 valence electrons. The van der Waals surface area contributed by atoms with Gasteiger partial charge >= 0.3 is 0 Å². The summed E-state index contributed by atoms with van der Waals surface area (Å²) in [7, 11) is 0. The largest absolute Gasteiger partial charge is 0.455 e. The van der Waals surface area contributed by atoms with Gasteiger partial charge in [-0.1, -0.05) is 12.1 Å². The van der Waals surface area contributed by atoms with Crippen LogP contribution in [-0.2, 0) is 0 Å². The van der Waals surface area contributed by atoms with Crippen molar-refractivity contribution in [2.45, 2.75) is 0 Å². The van der Waals surface area contributed by atoms with Gasteiger partial charge in [-0.3, -0.25) is 14.9 Å². The van der Waals surface area contributed by atoms with Gasteiger partial charge in [0.05, 0.1) is 16.7 Å². The summed E-state index contributed by atoms with van der Waals surface area (Å²) in [6.07, 6.45) is 1.38. The zero-order valence-corrected chi connectivity index (χ0v) is 14.8. The molecular formula is C18H12BrN3O4. The molecule has 3 aromatic rings. The fraction of sp³-hybridized carbons (Fsp3) is 0. The molecule has 7 nitrogen and oxygen atoms in total. The van der Waals surface area contributed by atoms with Gasteiger partial charge in [-0.2, -0.15) is 5.10 Å². The van der Waals surface area contributed by atoms with E-state index >= 15 is 0 Å². The van der Waals surface area contributed by atoms with E-state index in [0.717, 1.165) is 0 Å². The van der Waals surface area contributed by atoms with Gasteiger partial charge in [-0.25, -0.2) is 5.43 Å². The number of rotatable bonds is 5. The molecule has 0 saturated carbocycles. The molecule has 0 spiro atoms. The lowest BCUT2D eigenvalue weighted by Gasteiger charge is -2.01. The monoisotopic (exact) mass is 413 g/mol. The Kier molecular flexibility index (Phi) is 5.23. The highest BCUT2D eigenvalue weighted by Gasteiger charge is 2.09. The number of benzene rings is 2. The quantitative estimate of drug-likeness (QED) is 0.381. The number of nitro groups is 1. The van der Waals surface area contributed by atoms with E-state index in [1.165, 1.54) is 18.3 Å². The van der Waals surface area contributed by atoms with Gasteiger partial charge in [-0.15, -0.1) is 0 Å². The number of carbonyl (C=O) groups excluding carboxylic acids is 1. The molecule has 1 aromatic heterocycles. The van der Waals surface area contributed by atoms with Gasteiger partial charge in [0.25, 0.3) is 11.6 Å². The number of furan rings is 1. The molecule has 3 rings (SSSR count). The van der Waals surface area contributed by atoms with E-state index in [9.17, 15) is 14.9 Å². The second-order valence-electron chi connectivity index (χ2n) is 5.18. The lowest BCUT2D eigenvalue weighted by atomic mass is 10.1. The van der Waals surface area contributed by atoms with Crippen molar-refractivity contribution in [3.05, 3.63) is 86.6 Å². The minimum absolute atomic E-state index is 0.0110. The Morgan fingerprint density at radius 3 is 2.54 bits per heavy atom. The van der Waals surface area contributed by atoms with Crippen molar-refractivity contribution in [1.82, 2.24) is 5.43 Å². The van der Waals surface area contributed by atoms with Crippen LogP contribution < -0.4 is 5.43 Å². The van der Waals surface area contributed by atoms with Crippen LogP contribution in [-0.4, -0.2) is 17.0 Å². The molecule has 0 aliphatic rings. The summed E-state index contributed by atoms with van der Waals surface area (Å²) in [6.45, 7) is 0. The second-order valence-corrected chi connectivity index (χ2v) is 6.04. The van der Waals surface area contributed by atoms with Gasteiger partial charge in [0, 0.05) is 22.2 Å². The fourth-order valence-corrected chi connectivity index (χ4v) is 2.65. The molecule has 26 heavy (non-hydrogen) atoms. The molecule has 0 unspecified atom stereocenters. The molecule has 2 aromatic carbocycles. The predicted octanol–water partition coefficient (Wildman–Crippen LogP) is 4.38. The number of halogens is 1. The minimum atomic E-state index is -0.461. The van der Waals surface area contributed by atoms with Gasteiger partial charge < -0.3 is 4.42 Å². The number of nitro benzene ring substituents is 1. The van der Waals surface area contributed by atoms with Crippen LogP contribution in [0.2, 0.25) is 0 Å². The Labute approximate surface area is 156 Å². The third kappa shape index (κ3) is 4.04. The highest BCUT2D eigenvalue weighted by atomic mass is 79.9. The summed E-state index contributed by atoms with van der Waals surface area (Å²) in [5.41, 5.74) is 3.60. The zero-order valence-electron chi connectivity index (χ0n) is 13.3. The molecule has 0 saturated heterocycles. The number of hydrogen-bond donors (Lipinski definition) is 1. The molecular weight excluding hydrogens is 402 g/mol. The second kappa shape index (κ2) is 7.75. The number of amides is 1. The molecule has 1 heterocycles. The van der Waals surface area contributed by atoms with Crippen LogP contribution in [0.3, 0.4) is 0 Å². The van der Waals surface area contributed by atoms with Gasteiger partial charge in [0.2, 0.25) is 0 Å². The SMILES string of the molecule is O=C(N/N=C\c1ccc(-c2ccc([N+](=O)[O-])cc2)o1)c1ccccc1Br. The molecule has 0 bridgehead atoms. The predicted molar refractivity (Wildman–Crippen MR) is 100 cm³/mol. The topological polar surface area (TPSA) is 97.7 Å². The fourth-order valence-electron chi connectivity index (χ4n) is 2.18. The van der Waals surface area contributed by atoms with Crippen LogP contribution in [0.1, 0.15) is 16.1 Å². The lowest BCUT2D eigenvalue weighted by molar-refractivity contribution is -0.384. The highest BCUT2D eigenvalue weighted by molar-refractivity contribution is 9.10. The third-order valence-corrected chi connectivity index (χ3v) is 4.16. The Hall–Kier alpha value is -3.26. The van der Waals surface area contributed by atoms with Crippen LogP contribution >= 0.6 is 15.9 Å². The third-order valence-electron chi connectivity index (χ3n) is 3.47. The summed E-state index contributed by atoms with van der Waals surface area (Å²) in [6, 6.07) is 16.4. The average molecular weight is 414 g/mol. The number of hydrazone groups is 1. The molecule has 8 heteroatoms. The molecule has 0 radical (unpaired) electrons. The number of hydrogen-bond acceptors (Lipinski definition) is 5. The smallest absolute Gasteiger partial charge is 0.272 e. The molecule has 0 atom stereocenters. The van der Waals surface area contributed by atoms with Crippen LogP contribution in [0.25, 0.3) is 11.3 Å². The molecule has 1 N–H and O–H groups in total. The van der Waals surface area contributed by atoms with E-state index in [2.05, 4.69) is 26.5 Å². The van der Waals surface area contributed by atoms with Crippen LogP contribution in [0, 0.1) is 10.1 Å². The van der Waals surface area contributed by atoms with Crippen molar-refractivity contribution in [3.8, 4) is 11.3 Å². The molecule has 0 aliphatic heterocycles. The Balaban J connectivity index is 1.66. The van der Waals surface area contributed by atoms with Crippen LogP contribution in [0.4, 0.5) is 5.69 Å².